The van der Waals surface area contributed by atoms with E-state index >= 15 is 0 Å². The molecule has 1 amide bonds. The van der Waals surface area contributed by atoms with Crippen LogP contribution in [0.1, 0.15) is 30.0 Å². The minimum Gasteiger partial charge on any atom is -0.309 e. The Bertz CT molecular complexity index is 1540. The third kappa shape index (κ3) is 3.86. The third-order valence-electron chi connectivity index (χ3n) is 5.11. The van der Waals surface area contributed by atoms with Crippen molar-refractivity contribution >= 4 is 28.7 Å². The van der Waals surface area contributed by atoms with Crippen LogP contribution in [-0.4, -0.2) is 19.9 Å². The van der Waals surface area contributed by atoms with E-state index in [1.165, 1.54) is 16.5 Å². The Labute approximate surface area is 184 Å². The number of aryl methyl sites for hydroxylation is 2. The Morgan fingerprint density at radius 1 is 1.19 bits per heavy atom. The van der Waals surface area contributed by atoms with Crippen molar-refractivity contribution in [2.75, 3.05) is 0 Å². The van der Waals surface area contributed by atoms with Gasteiger partial charge in [-0.05, 0) is 42.7 Å². The maximum Gasteiger partial charge on any atom is 0.271 e. The first-order valence-electron chi connectivity index (χ1n) is 10.3. The monoisotopic (exact) mass is 423 g/mol. The normalized spacial score (nSPS) is 12.0. The zero-order chi connectivity index (χ0) is 22.7. The fourth-order valence-corrected chi connectivity index (χ4v) is 3.60. The Morgan fingerprint density at radius 3 is 2.69 bits per heavy atom. The number of fused-ring (bicyclic) bond motifs is 2. The molecule has 0 atom stereocenters. The van der Waals surface area contributed by atoms with E-state index in [1.54, 1.807) is 22.9 Å². The molecule has 7 nitrogen and oxygen atoms in total. The minimum atomic E-state index is -0.497. The molecule has 4 aromatic rings. The summed E-state index contributed by atoms with van der Waals surface area (Å²) in [7, 11) is 0. The Balaban J connectivity index is 1.99. The van der Waals surface area contributed by atoms with Crippen LogP contribution in [0.3, 0.4) is 0 Å². The highest BCUT2D eigenvalue weighted by Crippen LogP contribution is 2.13. The van der Waals surface area contributed by atoms with Gasteiger partial charge in [0.2, 0.25) is 0 Å². The zero-order valence-corrected chi connectivity index (χ0v) is 17.8. The topological polar surface area (TPSA) is 92.5 Å². The van der Waals surface area contributed by atoms with Gasteiger partial charge in [-0.2, -0.15) is 10.3 Å². The van der Waals surface area contributed by atoms with E-state index in [0.717, 1.165) is 11.1 Å². The van der Waals surface area contributed by atoms with E-state index < -0.39 is 5.91 Å². The van der Waals surface area contributed by atoms with Gasteiger partial charge in [-0.25, -0.2) is 4.98 Å². The molecule has 0 spiro atoms. The first kappa shape index (κ1) is 20.9. The molecule has 0 aliphatic heterocycles. The summed E-state index contributed by atoms with van der Waals surface area (Å²) < 4.78 is 3.16. The number of nitrogens with zero attached hydrogens (tertiary/aromatic N) is 5. The van der Waals surface area contributed by atoms with Crippen LogP contribution in [0, 0.1) is 18.3 Å². The highest BCUT2D eigenvalue weighted by atomic mass is 16.1. The van der Waals surface area contributed by atoms with Crippen molar-refractivity contribution in [2.24, 2.45) is 4.99 Å². The van der Waals surface area contributed by atoms with E-state index in [-0.39, 0.29) is 16.6 Å². The molecule has 3 heterocycles. The highest BCUT2D eigenvalue weighted by molar-refractivity contribution is 5.92. The molecule has 0 saturated carbocycles. The average molecular weight is 423 g/mol. The molecule has 0 radical (unpaired) electrons. The standard InChI is InChI=1S/C25H21N5O2/c1-3-13-29-23(27-21(31)12-11-18-9-5-4-6-10-18)19(16-26)15-20-24(29)28-22-17(2)8-7-14-30(22)25(20)32/h4-12,14-15H,3,13H2,1-2H3/b12-11+,27-23?. The minimum absolute atomic E-state index is 0.152. The summed E-state index contributed by atoms with van der Waals surface area (Å²) in [6, 6.07) is 16.6. The van der Waals surface area contributed by atoms with E-state index in [1.807, 2.05) is 50.2 Å². The maximum atomic E-state index is 13.1. The van der Waals surface area contributed by atoms with E-state index in [4.69, 9.17) is 4.98 Å². The number of hydrogen-bond acceptors (Lipinski definition) is 4. The SMILES string of the molecule is CCCn1c(=NC(=O)/C=C/c2ccccc2)c(C#N)cc2c(=O)n3cccc(C)c3nc21. The Kier molecular flexibility index (Phi) is 5.77. The van der Waals surface area contributed by atoms with Gasteiger partial charge in [0.25, 0.3) is 11.5 Å². The van der Waals surface area contributed by atoms with Crippen molar-refractivity contribution in [3.8, 4) is 6.07 Å². The van der Waals surface area contributed by atoms with E-state index in [9.17, 15) is 14.9 Å². The number of rotatable bonds is 4. The molecular formula is C25H21N5O2. The predicted octanol–water partition coefficient (Wildman–Crippen LogP) is 3.38. The third-order valence-corrected chi connectivity index (χ3v) is 5.11. The van der Waals surface area contributed by atoms with Crippen LogP contribution in [0.15, 0.2) is 70.6 Å². The Hall–Kier alpha value is -4.31. The first-order valence-corrected chi connectivity index (χ1v) is 10.3. The molecule has 0 N–H and O–H groups in total. The number of nitriles is 1. The lowest BCUT2D eigenvalue weighted by Crippen LogP contribution is -2.29. The molecule has 0 saturated heterocycles. The number of hydrogen-bond donors (Lipinski definition) is 0. The number of aromatic nitrogens is 3. The quantitative estimate of drug-likeness (QED) is 0.372. The van der Waals surface area contributed by atoms with Crippen LogP contribution in [0.2, 0.25) is 0 Å². The zero-order valence-electron chi connectivity index (χ0n) is 17.8. The summed E-state index contributed by atoms with van der Waals surface area (Å²) in [5.74, 6) is -0.497. The molecule has 0 unspecified atom stereocenters. The summed E-state index contributed by atoms with van der Waals surface area (Å²) in [4.78, 5) is 34.7. The molecular weight excluding hydrogens is 402 g/mol. The van der Waals surface area contributed by atoms with Gasteiger partial charge in [0.1, 0.15) is 17.4 Å². The van der Waals surface area contributed by atoms with Crippen molar-refractivity contribution in [3.63, 3.8) is 0 Å². The van der Waals surface area contributed by atoms with Crippen LogP contribution >= 0.6 is 0 Å². The van der Waals surface area contributed by atoms with Gasteiger partial charge in [-0.3, -0.25) is 14.0 Å². The van der Waals surface area contributed by atoms with Crippen molar-refractivity contribution in [1.29, 1.82) is 5.26 Å². The predicted molar refractivity (Wildman–Crippen MR) is 123 cm³/mol. The molecule has 0 aliphatic carbocycles. The van der Waals surface area contributed by atoms with Gasteiger partial charge >= 0.3 is 0 Å². The molecule has 32 heavy (non-hydrogen) atoms. The molecule has 1 aromatic carbocycles. The lowest BCUT2D eigenvalue weighted by Gasteiger charge is -2.13. The van der Waals surface area contributed by atoms with Crippen molar-refractivity contribution < 1.29 is 4.79 Å². The molecule has 7 heteroatoms. The van der Waals surface area contributed by atoms with Gasteiger partial charge in [-0.15, -0.1) is 0 Å². The van der Waals surface area contributed by atoms with Gasteiger partial charge in [-0.1, -0.05) is 43.3 Å². The number of benzene rings is 1. The Morgan fingerprint density at radius 2 is 1.97 bits per heavy atom. The second-order valence-electron chi connectivity index (χ2n) is 7.38. The summed E-state index contributed by atoms with van der Waals surface area (Å²) in [5.41, 5.74) is 2.74. The summed E-state index contributed by atoms with van der Waals surface area (Å²) in [6.45, 7) is 4.30. The van der Waals surface area contributed by atoms with Crippen molar-refractivity contribution in [1.82, 2.24) is 14.0 Å². The highest BCUT2D eigenvalue weighted by Gasteiger charge is 2.15. The summed E-state index contributed by atoms with van der Waals surface area (Å²) in [5, 5.41) is 10.1. The lowest BCUT2D eigenvalue weighted by molar-refractivity contribution is -0.113. The van der Waals surface area contributed by atoms with Gasteiger partial charge < -0.3 is 4.57 Å². The number of carbonyl (C=O) groups excluding carboxylic acids is 1. The van der Waals surface area contributed by atoms with Crippen LogP contribution in [0.5, 0.6) is 0 Å². The number of carbonyl (C=O) groups is 1. The van der Waals surface area contributed by atoms with Crippen LogP contribution in [-0.2, 0) is 11.3 Å². The molecule has 0 aliphatic rings. The molecule has 3 aromatic heterocycles. The summed E-state index contributed by atoms with van der Waals surface area (Å²) >= 11 is 0. The molecule has 4 rings (SSSR count). The summed E-state index contributed by atoms with van der Waals surface area (Å²) in [6.07, 6.45) is 5.40. The fourth-order valence-electron chi connectivity index (χ4n) is 3.60. The first-order chi connectivity index (χ1) is 15.5. The fraction of sp³-hybridized carbons (Fsp3) is 0.160. The number of amides is 1. The average Bonchev–Trinajstić information content (AvgIpc) is 2.81. The second-order valence-corrected chi connectivity index (χ2v) is 7.38. The van der Waals surface area contributed by atoms with Gasteiger partial charge in [0, 0.05) is 18.8 Å². The van der Waals surface area contributed by atoms with Crippen molar-refractivity contribution in [2.45, 2.75) is 26.8 Å². The number of pyridine rings is 2. The smallest absolute Gasteiger partial charge is 0.271 e. The van der Waals surface area contributed by atoms with Crippen LogP contribution in [0.4, 0.5) is 0 Å². The maximum absolute atomic E-state index is 13.1. The lowest BCUT2D eigenvalue weighted by atomic mass is 10.2. The van der Waals surface area contributed by atoms with Crippen LogP contribution < -0.4 is 11.0 Å². The van der Waals surface area contributed by atoms with E-state index in [0.29, 0.717) is 29.6 Å². The molecule has 0 bridgehead atoms. The second kappa shape index (κ2) is 8.82. The molecule has 158 valence electrons. The molecule has 0 fully saturated rings. The van der Waals surface area contributed by atoms with Crippen molar-refractivity contribution in [3.05, 3.63) is 93.3 Å². The van der Waals surface area contributed by atoms with Gasteiger partial charge in [0.05, 0.1) is 10.9 Å². The largest absolute Gasteiger partial charge is 0.309 e. The van der Waals surface area contributed by atoms with E-state index in [2.05, 4.69) is 11.1 Å². The van der Waals surface area contributed by atoms with Crippen LogP contribution in [0.25, 0.3) is 22.8 Å². The van der Waals surface area contributed by atoms with Gasteiger partial charge in [0.15, 0.2) is 5.49 Å².